The molecule has 0 aliphatic carbocycles. The number of carbonyl (C=O) groups excluding carboxylic acids is 2. The second kappa shape index (κ2) is 4.73. The second-order valence-corrected chi connectivity index (χ2v) is 3.51. The third-order valence-electron chi connectivity index (χ3n) is 2.23. The first-order chi connectivity index (χ1) is 8.16. The molecule has 0 spiro atoms. The quantitative estimate of drug-likeness (QED) is 0.752. The third-order valence-corrected chi connectivity index (χ3v) is 2.23. The van der Waals surface area contributed by atoms with Crippen LogP contribution in [0.5, 0.6) is 11.5 Å². The molecule has 1 aliphatic heterocycles. The number of hydrogen-bond acceptors (Lipinski definition) is 4. The summed E-state index contributed by atoms with van der Waals surface area (Å²) < 4.78 is 10.7. The van der Waals surface area contributed by atoms with Crippen molar-refractivity contribution in [2.24, 2.45) is 5.73 Å². The van der Waals surface area contributed by atoms with E-state index >= 15 is 0 Å². The van der Waals surface area contributed by atoms with Gasteiger partial charge in [0, 0.05) is 5.56 Å². The predicted molar refractivity (Wildman–Crippen MR) is 59.0 cm³/mol. The summed E-state index contributed by atoms with van der Waals surface area (Å²) >= 11 is 0. The van der Waals surface area contributed by atoms with Gasteiger partial charge in [0.25, 0.3) is 5.91 Å². The van der Waals surface area contributed by atoms with Crippen molar-refractivity contribution >= 4 is 11.8 Å². The summed E-state index contributed by atoms with van der Waals surface area (Å²) in [6, 6.07) is 4.84. The molecule has 0 saturated heterocycles. The minimum atomic E-state index is -0.587. The van der Waals surface area contributed by atoms with E-state index in [-0.39, 0.29) is 12.5 Å². The SMILES string of the molecule is NC(=O)CNC(=O)c1ccc2c(c1)OCCO2. The Morgan fingerprint density at radius 2 is 1.94 bits per heavy atom. The summed E-state index contributed by atoms with van der Waals surface area (Å²) in [4.78, 5) is 22.2. The van der Waals surface area contributed by atoms with Gasteiger partial charge in [-0.2, -0.15) is 0 Å². The van der Waals surface area contributed by atoms with Gasteiger partial charge in [0.05, 0.1) is 6.54 Å². The van der Waals surface area contributed by atoms with Crippen molar-refractivity contribution in [1.82, 2.24) is 5.32 Å². The summed E-state index contributed by atoms with van der Waals surface area (Å²) in [7, 11) is 0. The molecule has 0 unspecified atom stereocenters. The number of fused-ring (bicyclic) bond motifs is 1. The number of hydrogen-bond donors (Lipinski definition) is 2. The van der Waals surface area contributed by atoms with E-state index in [1.807, 2.05) is 0 Å². The predicted octanol–water partition coefficient (Wildman–Crippen LogP) is -0.327. The summed E-state index contributed by atoms with van der Waals surface area (Å²) in [5.74, 6) is 0.183. The van der Waals surface area contributed by atoms with Crippen molar-refractivity contribution < 1.29 is 19.1 Å². The molecule has 6 heteroatoms. The molecule has 2 amide bonds. The van der Waals surface area contributed by atoms with Crippen LogP contribution < -0.4 is 20.5 Å². The number of carbonyl (C=O) groups is 2. The van der Waals surface area contributed by atoms with E-state index < -0.39 is 5.91 Å². The van der Waals surface area contributed by atoms with Crippen molar-refractivity contribution in [1.29, 1.82) is 0 Å². The van der Waals surface area contributed by atoms with Crippen molar-refractivity contribution in [2.75, 3.05) is 19.8 Å². The highest BCUT2D eigenvalue weighted by Crippen LogP contribution is 2.30. The Hall–Kier alpha value is -2.24. The van der Waals surface area contributed by atoms with Crippen LogP contribution in [0.4, 0.5) is 0 Å². The maximum Gasteiger partial charge on any atom is 0.251 e. The van der Waals surface area contributed by atoms with Gasteiger partial charge in [-0.1, -0.05) is 0 Å². The second-order valence-electron chi connectivity index (χ2n) is 3.51. The van der Waals surface area contributed by atoms with Crippen LogP contribution in [0.25, 0.3) is 0 Å². The van der Waals surface area contributed by atoms with Crippen LogP contribution >= 0.6 is 0 Å². The van der Waals surface area contributed by atoms with E-state index in [1.165, 1.54) is 0 Å². The Balaban J connectivity index is 2.11. The van der Waals surface area contributed by atoms with Crippen molar-refractivity contribution in [2.45, 2.75) is 0 Å². The Bertz CT molecular complexity index is 459. The van der Waals surface area contributed by atoms with E-state index in [2.05, 4.69) is 5.32 Å². The fourth-order valence-corrected chi connectivity index (χ4v) is 1.45. The van der Waals surface area contributed by atoms with Crippen LogP contribution in [-0.4, -0.2) is 31.6 Å². The summed E-state index contributed by atoms with van der Waals surface area (Å²) in [6.45, 7) is 0.771. The molecule has 17 heavy (non-hydrogen) atoms. The lowest BCUT2D eigenvalue weighted by Crippen LogP contribution is -2.33. The molecule has 3 N–H and O–H groups in total. The van der Waals surface area contributed by atoms with Gasteiger partial charge in [-0.25, -0.2) is 0 Å². The van der Waals surface area contributed by atoms with Gasteiger partial charge in [-0.05, 0) is 18.2 Å². The normalized spacial score (nSPS) is 12.9. The maximum atomic E-state index is 11.6. The van der Waals surface area contributed by atoms with Gasteiger partial charge in [0.2, 0.25) is 5.91 Å². The average Bonchev–Trinajstić information content (AvgIpc) is 2.35. The van der Waals surface area contributed by atoms with Crippen LogP contribution in [0, 0.1) is 0 Å². The van der Waals surface area contributed by atoms with Gasteiger partial charge in [0.1, 0.15) is 13.2 Å². The molecule has 0 fully saturated rings. The fraction of sp³-hybridized carbons (Fsp3) is 0.273. The lowest BCUT2D eigenvalue weighted by atomic mass is 10.2. The number of ether oxygens (including phenoxy) is 2. The van der Waals surface area contributed by atoms with Gasteiger partial charge >= 0.3 is 0 Å². The molecule has 6 nitrogen and oxygen atoms in total. The summed E-state index contributed by atoms with van der Waals surface area (Å²) in [5.41, 5.74) is 5.33. The number of rotatable bonds is 3. The van der Waals surface area contributed by atoms with Gasteiger partial charge in [-0.15, -0.1) is 0 Å². The van der Waals surface area contributed by atoms with Gasteiger partial charge < -0.3 is 20.5 Å². The van der Waals surface area contributed by atoms with Crippen LogP contribution in [0.2, 0.25) is 0 Å². The summed E-state index contributed by atoms with van der Waals surface area (Å²) in [6.07, 6.45) is 0. The number of benzene rings is 1. The molecule has 0 aromatic heterocycles. The monoisotopic (exact) mass is 236 g/mol. The van der Waals surface area contributed by atoms with Gasteiger partial charge in [0.15, 0.2) is 11.5 Å². The lowest BCUT2D eigenvalue weighted by Gasteiger charge is -2.18. The molecule has 1 heterocycles. The minimum absolute atomic E-state index is 0.187. The Morgan fingerprint density at radius 3 is 2.65 bits per heavy atom. The van der Waals surface area contributed by atoms with E-state index in [1.54, 1.807) is 18.2 Å². The Labute approximate surface area is 97.7 Å². The van der Waals surface area contributed by atoms with Crippen molar-refractivity contribution in [3.63, 3.8) is 0 Å². The first-order valence-electron chi connectivity index (χ1n) is 5.13. The van der Waals surface area contributed by atoms with E-state index in [4.69, 9.17) is 15.2 Å². The zero-order valence-corrected chi connectivity index (χ0v) is 9.06. The first-order valence-corrected chi connectivity index (χ1v) is 5.13. The smallest absolute Gasteiger partial charge is 0.251 e. The molecule has 90 valence electrons. The largest absolute Gasteiger partial charge is 0.486 e. The highest BCUT2D eigenvalue weighted by atomic mass is 16.6. The van der Waals surface area contributed by atoms with E-state index in [0.29, 0.717) is 30.3 Å². The lowest BCUT2D eigenvalue weighted by molar-refractivity contribution is -0.117. The Kier molecular flexibility index (Phi) is 3.13. The molecule has 0 radical (unpaired) electrons. The van der Waals surface area contributed by atoms with E-state index in [9.17, 15) is 9.59 Å². The molecule has 1 aromatic carbocycles. The van der Waals surface area contributed by atoms with Crippen LogP contribution in [0.1, 0.15) is 10.4 Å². The third kappa shape index (κ3) is 2.66. The first kappa shape index (κ1) is 11.3. The van der Waals surface area contributed by atoms with Crippen molar-refractivity contribution in [3.05, 3.63) is 23.8 Å². The molecule has 0 atom stereocenters. The molecule has 1 aliphatic rings. The van der Waals surface area contributed by atoms with E-state index in [0.717, 1.165) is 0 Å². The molecular formula is C11H12N2O4. The highest BCUT2D eigenvalue weighted by Gasteiger charge is 2.14. The molecule has 0 bridgehead atoms. The number of amides is 2. The molecular weight excluding hydrogens is 224 g/mol. The zero-order valence-electron chi connectivity index (χ0n) is 9.06. The minimum Gasteiger partial charge on any atom is -0.486 e. The zero-order chi connectivity index (χ0) is 12.3. The molecule has 2 rings (SSSR count). The summed E-state index contributed by atoms with van der Waals surface area (Å²) in [5, 5.41) is 2.40. The van der Waals surface area contributed by atoms with Crippen LogP contribution in [-0.2, 0) is 4.79 Å². The van der Waals surface area contributed by atoms with Crippen molar-refractivity contribution in [3.8, 4) is 11.5 Å². The molecule has 1 aromatic rings. The van der Waals surface area contributed by atoms with Crippen LogP contribution in [0.3, 0.4) is 0 Å². The number of primary amides is 1. The fourth-order valence-electron chi connectivity index (χ4n) is 1.45. The van der Waals surface area contributed by atoms with Crippen LogP contribution in [0.15, 0.2) is 18.2 Å². The highest BCUT2D eigenvalue weighted by molar-refractivity contribution is 5.96. The molecule has 0 saturated carbocycles. The van der Waals surface area contributed by atoms with Gasteiger partial charge in [-0.3, -0.25) is 9.59 Å². The average molecular weight is 236 g/mol. The standard InChI is InChI=1S/C11H12N2O4/c12-10(14)6-13-11(15)7-1-2-8-9(5-7)17-4-3-16-8/h1-2,5H,3-4,6H2,(H2,12,14)(H,13,15). The maximum absolute atomic E-state index is 11.6. The number of nitrogens with two attached hydrogens (primary N) is 1. The number of nitrogens with one attached hydrogen (secondary N) is 1. The Morgan fingerprint density at radius 1 is 1.24 bits per heavy atom. The topological polar surface area (TPSA) is 90.7 Å².